The van der Waals surface area contributed by atoms with Crippen molar-refractivity contribution in [1.29, 1.82) is 0 Å². The van der Waals surface area contributed by atoms with E-state index in [1.54, 1.807) is 12.3 Å². The van der Waals surface area contributed by atoms with Crippen LogP contribution < -0.4 is 10.6 Å². The normalized spacial score (nSPS) is 19.9. The van der Waals surface area contributed by atoms with Gasteiger partial charge in [0, 0.05) is 11.4 Å². The molecule has 0 aliphatic heterocycles. The van der Waals surface area contributed by atoms with Crippen LogP contribution in [-0.4, -0.2) is 22.3 Å². The lowest BCUT2D eigenvalue weighted by atomic mass is 9.97. The van der Waals surface area contributed by atoms with Gasteiger partial charge in [-0.15, -0.1) is 0 Å². The highest BCUT2D eigenvalue weighted by Crippen LogP contribution is 2.35. The Morgan fingerprint density at radius 3 is 2.92 bits per heavy atom. The van der Waals surface area contributed by atoms with Crippen molar-refractivity contribution in [2.24, 2.45) is 0 Å². The molecular weight excluding hydrogens is 319 g/mol. The second-order valence-electron chi connectivity index (χ2n) is 6.46. The monoisotopic (exact) mass is 338 g/mol. The van der Waals surface area contributed by atoms with Crippen molar-refractivity contribution < 1.29 is 9.18 Å². The molecule has 1 fully saturated rings. The van der Waals surface area contributed by atoms with E-state index in [1.165, 1.54) is 6.07 Å². The van der Waals surface area contributed by atoms with Crippen molar-refractivity contribution in [1.82, 2.24) is 15.5 Å². The molecule has 0 spiro atoms. The molecule has 2 atom stereocenters. The van der Waals surface area contributed by atoms with E-state index in [2.05, 4.69) is 20.8 Å². The molecule has 1 aromatic heterocycles. The first-order valence-corrected chi connectivity index (χ1v) is 8.45. The third-order valence-corrected chi connectivity index (χ3v) is 4.85. The number of benzene rings is 2. The summed E-state index contributed by atoms with van der Waals surface area (Å²) < 4.78 is 13.9. The molecule has 5 nitrogen and oxygen atoms in total. The molecular formula is C19H19FN4O. The smallest absolute Gasteiger partial charge is 0.319 e. The summed E-state index contributed by atoms with van der Waals surface area (Å²) in [5, 5.41) is 13.6. The van der Waals surface area contributed by atoms with E-state index in [-0.39, 0.29) is 23.8 Å². The Hall–Kier alpha value is -2.89. The molecule has 4 rings (SSSR count). The van der Waals surface area contributed by atoms with E-state index < -0.39 is 0 Å². The highest BCUT2D eigenvalue weighted by molar-refractivity contribution is 6.00. The van der Waals surface area contributed by atoms with Crippen molar-refractivity contribution in [3.8, 4) is 0 Å². The average Bonchev–Trinajstić information content (AvgIpc) is 3.25. The third-order valence-electron chi connectivity index (χ3n) is 4.85. The minimum absolute atomic E-state index is 0.0492. The predicted octanol–water partition coefficient (Wildman–Crippen LogP) is 4.16. The van der Waals surface area contributed by atoms with Crippen LogP contribution in [0.15, 0.2) is 48.7 Å². The van der Waals surface area contributed by atoms with Gasteiger partial charge in [-0.1, -0.05) is 24.3 Å². The first-order valence-electron chi connectivity index (χ1n) is 8.45. The first kappa shape index (κ1) is 15.6. The van der Waals surface area contributed by atoms with Gasteiger partial charge < -0.3 is 10.6 Å². The summed E-state index contributed by atoms with van der Waals surface area (Å²) in [6.07, 6.45) is 4.17. The van der Waals surface area contributed by atoms with Crippen LogP contribution in [0.5, 0.6) is 0 Å². The number of rotatable bonds is 3. The van der Waals surface area contributed by atoms with Crippen LogP contribution in [0.4, 0.5) is 14.9 Å². The average molecular weight is 338 g/mol. The maximum Gasteiger partial charge on any atom is 0.319 e. The number of nitrogens with one attached hydrogen (secondary N) is 3. The van der Waals surface area contributed by atoms with Crippen molar-refractivity contribution in [2.75, 3.05) is 5.32 Å². The number of hydrogen-bond donors (Lipinski definition) is 3. The number of aromatic amines is 1. The Balaban J connectivity index is 1.39. The number of H-pyrrole nitrogens is 1. The molecule has 1 saturated carbocycles. The van der Waals surface area contributed by atoms with Gasteiger partial charge in [0.25, 0.3) is 0 Å². The maximum atomic E-state index is 13.9. The van der Waals surface area contributed by atoms with Crippen LogP contribution in [0, 0.1) is 5.82 Å². The van der Waals surface area contributed by atoms with Crippen molar-refractivity contribution in [3.05, 3.63) is 60.0 Å². The number of nitrogens with zero attached hydrogens (tertiary/aromatic N) is 1. The Bertz CT molecular complexity index is 907. The van der Waals surface area contributed by atoms with Gasteiger partial charge >= 0.3 is 6.03 Å². The Morgan fingerprint density at radius 1 is 1.16 bits per heavy atom. The van der Waals surface area contributed by atoms with E-state index in [1.807, 2.05) is 30.3 Å². The number of urea groups is 1. The summed E-state index contributed by atoms with van der Waals surface area (Å²) >= 11 is 0. The van der Waals surface area contributed by atoms with Gasteiger partial charge in [-0.05, 0) is 48.9 Å². The molecule has 0 unspecified atom stereocenters. The summed E-state index contributed by atoms with van der Waals surface area (Å²) in [4.78, 5) is 12.3. The first-order chi connectivity index (χ1) is 12.2. The molecule has 1 heterocycles. The number of fused-ring (bicyclic) bond motifs is 1. The Labute approximate surface area is 144 Å². The quantitative estimate of drug-likeness (QED) is 0.671. The molecule has 0 radical (unpaired) electrons. The molecule has 2 amide bonds. The van der Waals surface area contributed by atoms with Crippen LogP contribution in [0.3, 0.4) is 0 Å². The number of hydrogen-bond acceptors (Lipinski definition) is 2. The largest absolute Gasteiger partial charge is 0.335 e. The molecule has 0 saturated heterocycles. The fourth-order valence-electron chi connectivity index (χ4n) is 3.62. The van der Waals surface area contributed by atoms with Crippen LogP contribution >= 0.6 is 0 Å². The van der Waals surface area contributed by atoms with Crippen molar-refractivity contribution in [2.45, 2.75) is 31.2 Å². The van der Waals surface area contributed by atoms with Crippen molar-refractivity contribution >= 4 is 22.6 Å². The van der Waals surface area contributed by atoms with E-state index in [0.717, 1.165) is 35.7 Å². The molecule has 3 aromatic rings. The van der Waals surface area contributed by atoms with Crippen LogP contribution in [-0.2, 0) is 0 Å². The highest BCUT2D eigenvalue weighted by atomic mass is 19.1. The molecule has 1 aliphatic carbocycles. The fourth-order valence-corrected chi connectivity index (χ4v) is 3.62. The lowest BCUT2D eigenvalue weighted by Gasteiger charge is -2.15. The van der Waals surface area contributed by atoms with Gasteiger partial charge in [0.15, 0.2) is 0 Å². The number of carbonyl (C=O) groups is 1. The second kappa shape index (κ2) is 6.55. The summed E-state index contributed by atoms with van der Waals surface area (Å²) in [5.74, 6) is -0.00644. The van der Waals surface area contributed by atoms with E-state index in [0.29, 0.717) is 5.69 Å². The van der Waals surface area contributed by atoms with Gasteiger partial charge in [0.1, 0.15) is 5.82 Å². The van der Waals surface area contributed by atoms with Crippen LogP contribution in [0.2, 0.25) is 0 Å². The SMILES string of the molecule is O=C(Nc1cccc2[nH]ncc12)N[C@@H]1CC[C@@H](c2ccccc2F)C1. The number of anilines is 1. The van der Waals surface area contributed by atoms with E-state index >= 15 is 0 Å². The molecule has 25 heavy (non-hydrogen) atoms. The van der Waals surface area contributed by atoms with Gasteiger partial charge in [-0.2, -0.15) is 5.10 Å². The Kier molecular flexibility index (Phi) is 4.09. The maximum absolute atomic E-state index is 13.9. The highest BCUT2D eigenvalue weighted by Gasteiger charge is 2.28. The van der Waals surface area contributed by atoms with Gasteiger partial charge in [-0.25, -0.2) is 9.18 Å². The number of carbonyl (C=O) groups excluding carboxylic acids is 1. The van der Waals surface area contributed by atoms with Crippen LogP contribution in [0.1, 0.15) is 30.7 Å². The zero-order valence-electron chi connectivity index (χ0n) is 13.6. The molecule has 1 aliphatic rings. The Morgan fingerprint density at radius 2 is 2.04 bits per heavy atom. The molecule has 6 heteroatoms. The predicted molar refractivity (Wildman–Crippen MR) is 95.0 cm³/mol. The van der Waals surface area contributed by atoms with Crippen LogP contribution in [0.25, 0.3) is 10.9 Å². The molecule has 3 N–H and O–H groups in total. The van der Waals surface area contributed by atoms with Gasteiger partial charge in [0.2, 0.25) is 0 Å². The summed E-state index contributed by atoms with van der Waals surface area (Å²) in [7, 11) is 0. The number of halogens is 1. The van der Waals surface area contributed by atoms with Crippen molar-refractivity contribution in [3.63, 3.8) is 0 Å². The molecule has 2 aromatic carbocycles. The zero-order chi connectivity index (χ0) is 17.2. The molecule has 128 valence electrons. The van der Waals surface area contributed by atoms with E-state index in [4.69, 9.17) is 0 Å². The summed E-state index contributed by atoms with van der Waals surface area (Å²) in [6, 6.07) is 12.3. The lowest BCUT2D eigenvalue weighted by Crippen LogP contribution is -2.36. The zero-order valence-corrected chi connectivity index (χ0v) is 13.6. The minimum atomic E-state index is -0.243. The topological polar surface area (TPSA) is 69.8 Å². The third kappa shape index (κ3) is 3.20. The summed E-state index contributed by atoms with van der Waals surface area (Å²) in [6.45, 7) is 0. The second-order valence-corrected chi connectivity index (χ2v) is 6.46. The van der Waals surface area contributed by atoms with Gasteiger partial charge in [-0.3, -0.25) is 5.10 Å². The minimum Gasteiger partial charge on any atom is -0.335 e. The molecule has 0 bridgehead atoms. The number of amides is 2. The van der Waals surface area contributed by atoms with E-state index in [9.17, 15) is 9.18 Å². The number of aromatic nitrogens is 2. The lowest BCUT2D eigenvalue weighted by molar-refractivity contribution is 0.248. The standard InChI is InChI=1S/C19H19FN4O/c20-16-5-2-1-4-14(16)12-8-9-13(10-12)22-19(25)23-17-6-3-7-18-15(17)11-21-24-18/h1-7,11-13H,8-10H2,(H,21,24)(H2,22,23,25)/t12-,13-/m1/s1. The fraction of sp³-hybridized carbons (Fsp3) is 0.263. The van der Waals surface area contributed by atoms with Gasteiger partial charge in [0.05, 0.1) is 17.4 Å². The summed E-state index contributed by atoms with van der Waals surface area (Å²) in [5.41, 5.74) is 2.33.